The number of nitrogens with one attached hydrogen (secondary N) is 1. The van der Waals surface area contributed by atoms with E-state index in [4.69, 9.17) is 46.7 Å². The number of carbonyl (C=O) groups excluding carboxylic acids is 2. The molecule has 0 fully saturated rings. The van der Waals surface area contributed by atoms with Crippen molar-refractivity contribution in [3.63, 3.8) is 0 Å². The Labute approximate surface area is 273 Å². The van der Waals surface area contributed by atoms with Gasteiger partial charge in [-0.05, 0) is 6.92 Å². The van der Waals surface area contributed by atoms with Crippen molar-refractivity contribution in [1.29, 1.82) is 0 Å². The van der Waals surface area contributed by atoms with E-state index in [1.807, 2.05) is 4.98 Å². The fraction of sp³-hybridized carbons (Fsp3) is 0.760. The van der Waals surface area contributed by atoms with Crippen LogP contribution in [0.15, 0.2) is 21.9 Å². The Morgan fingerprint density at radius 1 is 0.896 bits per heavy atom. The number of ether oxygens (including phenoxy) is 9. The maximum Gasteiger partial charge on any atom is 0.510 e. The number of rotatable bonds is 27. The molecule has 0 unspecified atom stereocenters. The number of H-pyrrole nitrogens is 1. The minimum absolute atomic E-state index is 0.00142. The van der Waals surface area contributed by atoms with Crippen molar-refractivity contribution in [2.24, 2.45) is 0 Å². The molecule has 1 heterocycles. The van der Waals surface area contributed by atoms with E-state index in [0.717, 1.165) is 19.2 Å². The van der Waals surface area contributed by atoms with Gasteiger partial charge in [0.25, 0.3) is 5.56 Å². The number of alkyl halides is 1. The van der Waals surface area contributed by atoms with E-state index in [9.17, 15) is 38.3 Å². The van der Waals surface area contributed by atoms with Crippen LogP contribution >= 0.6 is 7.82 Å². The summed E-state index contributed by atoms with van der Waals surface area (Å²) >= 11 is 0. The monoisotopic (exact) mass is 724 g/mol. The second kappa shape index (κ2) is 24.2. The molecule has 0 amide bonds. The number of hydrogen-bond donors (Lipinski definition) is 3. The Morgan fingerprint density at radius 2 is 1.42 bits per heavy atom. The van der Waals surface area contributed by atoms with E-state index >= 15 is 0 Å². The molecule has 48 heavy (non-hydrogen) atoms. The van der Waals surface area contributed by atoms with Crippen molar-refractivity contribution in [1.82, 2.24) is 9.55 Å². The molecular weight excluding hydrogens is 682 g/mol. The lowest BCUT2D eigenvalue weighted by Gasteiger charge is -2.37. The van der Waals surface area contributed by atoms with Gasteiger partial charge in [-0.25, -0.2) is 32.4 Å². The van der Waals surface area contributed by atoms with E-state index in [0.29, 0.717) is 17.8 Å². The molecule has 0 spiro atoms. The SMILES string of the molecule is COCCOCCOC(=O)OCOP(=O)(OCOC(=O)OCCOCCOC)OC[C@@](CF)(O[C@H](CO)n1ccc(=O)[nH]c1=O)[C@H](C)O. The third-order valence-corrected chi connectivity index (χ3v) is 6.97. The van der Waals surface area contributed by atoms with Crippen molar-refractivity contribution in [3.8, 4) is 0 Å². The molecule has 1 aromatic rings. The zero-order valence-electron chi connectivity index (χ0n) is 26.6. The summed E-state index contributed by atoms with van der Waals surface area (Å²) in [6.07, 6.45) is -5.11. The number of aliphatic hydroxyl groups excluding tert-OH is 2. The highest BCUT2D eigenvalue weighted by Gasteiger charge is 2.44. The first kappa shape index (κ1) is 43.0. The molecular formula is C25H42FN2O19P. The van der Waals surface area contributed by atoms with Crippen molar-refractivity contribution in [2.75, 3.05) is 101 Å². The molecule has 1 rings (SSSR count). The number of hydrogen-bond acceptors (Lipinski definition) is 19. The highest BCUT2D eigenvalue weighted by Crippen LogP contribution is 2.50. The molecule has 21 nitrogen and oxygen atoms in total. The van der Waals surface area contributed by atoms with Gasteiger partial charge in [-0.3, -0.25) is 18.9 Å². The van der Waals surface area contributed by atoms with Crippen molar-refractivity contribution in [3.05, 3.63) is 33.1 Å². The predicted octanol–water partition coefficient (Wildman–Crippen LogP) is -0.161. The number of phosphoric ester groups is 1. The Bertz CT molecular complexity index is 1180. The first-order chi connectivity index (χ1) is 23.0. The molecule has 0 saturated heterocycles. The van der Waals surface area contributed by atoms with E-state index in [2.05, 4.69) is 9.47 Å². The summed E-state index contributed by atoms with van der Waals surface area (Å²) in [5.74, 6) is 0. The zero-order chi connectivity index (χ0) is 35.8. The highest BCUT2D eigenvalue weighted by molar-refractivity contribution is 7.48. The smallest absolute Gasteiger partial charge is 0.432 e. The molecule has 0 saturated carbocycles. The Kier molecular flexibility index (Phi) is 21.7. The standard InChI is InChI=1S/C25H42FN2O19P/c1-19(30)25(15-26,47-21(14-29)28-5-4-20(31)27-22(28)32)16-44-48(35,45-17-42-23(33)40-12-10-38-8-6-36-2)46-18-43-24(34)41-13-11-39-9-7-37-3/h4-5,19,21,29-30H,6-18H2,1-3H3,(H,27,31,32)/t19-,21+,25+/m0/s1. The summed E-state index contributed by atoms with van der Waals surface area (Å²) in [5.41, 5.74) is -4.28. The molecule has 0 aromatic carbocycles. The minimum atomic E-state index is -4.99. The van der Waals surface area contributed by atoms with Gasteiger partial charge in [0, 0.05) is 26.5 Å². The molecule has 1 aromatic heterocycles. The van der Waals surface area contributed by atoms with E-state index in [-0.39, 0.29) is 39.6 Å². The third kappa shape index (κ3) is 16.9. The van der Waals surface area contributed by atoms with E-state index in [1.165, 1.54) is 14.2 Å². The molecule has 23 heteroatoms. The Morgan fingerprint density at radius 3 is 1.85 bits per heavy atom. The average Bonchev–Trinajstić information content (AvgIpc) is 3.05. The lowest BCUT2D eigenvalue weighted by Crippen LogP contribution is -2.52. The zero-order valence-corrected chi connectivity index (χ0v) is 27.5. The molecule has 0 radical (unpaired) electrons. The maximum atomic E-state index is 14.5. The van der Waals surface area contributed by atoms with Gasteiger partial charge in [0.15, 0.2) is 6.23 Å². The summed E-state index contributed by atoms with van der Waals surface area (Å²) < 4.78 is 87.7. The van der Waals surface area contributed by atoms with Crippen LogP contribution in [0, 0.1) is 0 Å². The second-order valence-corrected chi connectivity index (χ2v) is 10.7. The molecule has 0 bridgehead atoms. The largest absolute Gasteiger partial charge is 0.510 e. The average molecular weight is 725 g/mol. The summed E-state index contributed by atoms with van der Waals surface area (Å²) in [6.45, 7) is -4.24. The van der Waals surface area contributed by atoms with Crippen molar-refractivity contribution >= 4 is 20.1 Å². The van der Waals surface area contributed by atoms with Gasteiger partial charge >= 0.3 is 25.8 Å². The predicted molar refractivity (Wildman–Crippen MR) is 155 cm³/mol. The van der Waals surface area contributed by atoms with Crippen LogP contribution in [0.2, 0.25) is 0 Å². The van der Waals surface area contributed by atoms with Crippen LogP contribution in [0.5, 0.6) is 0 Å². The highest BCUT2D eigenvalue weighted by atomic mass is 31.2. The molecule has 0 aliphatic heterocycles. The number of aliphatic hydroxyl groups is 2. The number of halogens is 1. The van der Waals surface area contributed by atoms with Gasteiger partial charge in [-0.2, -0.15) is 0 Å². The first-order valence-electron chi connectivity index (χ1n) is 14.1. The fourth-order valence-corrected chi connectivity index (χ4v) is 4.02. The molecule has 3 N–H and O–H groups in total. The molecule has 278 valence electrons. The van der Waals surface area contributed by atoms with Crippen LogP contribution in [0.1, 0.15) is 13.2 Å². The van der Waals surface area contributed by atoms with Gasteiger partial charge in [-0.1, -0.05) is 0 Å². The Hall–Kier alpha value is -3.02. The number of methoxy groups -OCH3 is 2. The topological polar surface area (TPSA) is 257 Å². The number of aromatic amines is 1. The molecule has 0 aliphatic rings. The summed E-state index contributed by atoms with van der Waals surface area (Å²) in [6, 6.07) is 0.915. The lowest BCUT2D eigenvalue weighted by molar-refractivity contribution is -0.208. The van der Waals surface area contributed by atoms with Crippen LogP contribution in [0.25, 0.3) is 0 Å². The van der Waals surface area contributed by atoms with Gasteiger partial charge < -0.3 is 52.8 Å². The Balaban J connectivity index is 2.94. The number of nitrogens with zero attached hydrogens (tertiary/aromatic N) is 1. The first-order valence-corrected chi connectivity index (χ1v) is 15.5. The second-order valence-electron chi connectivity index (χ2n) is 9.06. The van der Waals surface area contributed by atoms with Crippen LogP contribution in [0.3, 0.4) is 0 Å². The minimum Gasteiger partial charge on any atom is -0.432 e. The normalized spacial score (nSPS) is 14.1. The van der Waals surface area contributed by atoms with E-state index in [1.54, 1.807) is 0 Å². The van der Waals surface area contributed by atoms with E-state index < -0.39 is 82.8 Å². The molecule has 0 aliphatic carbocycles. The third-order valence-electron chi connectivity index (χ3n) is 5.68. The van der Waals surface area contributed by atoms with Crippen LogP contribution < -0.4 is 11.2 Å². The number of carbonyl (C=O) groups is 2. The van der Waals surface area contributed by atoms with Crippen molar-refractivity contribution in [2.45, 2.75) is 24.9 Å². The van der Waals surface area contributed by atoms with Crippen LogP contribution in [-0.2, 0) is 60.8 Å². The summed E-state index contributed by atoms with van der Waals surface area (Å²) in [7, 11) is -2.04. The van der Waals surface area contributed by atoms with Gasteiger partial charge in [0.2, 0.25) is 13.6 Å². The van der Waals surface area contributed by atoms with Gasteiger partial charge in [0.1, 0.15) is 25.5 Å². The quantitative estimate of drug-likeness (QED) is 0.0461. The maximum absolute atomic E-state index is 14.5. The van der Waals surface area contributed by atoms with Gasteiger partial charge in [-0.15, -0.1) is 0 Å². The van der Waals surface area contributed by atoms with Gasteiger partial charge in [0.05, 0.1) is 59.0 Å². The fourth-order valence-electron chi connectivity index (χ4n) is 3.06. The lowest BCUT2D eigenvalue weighted by atomic mass is 10.0. The van der Waals surface area contributed by atoms with Crippen LogP contribution in [-0.4, -0.2) is 144 Å². The summed E-state index contributed by atoms with van der Waals surface area (Å²) in [4.78, 5) is 49.2. The molecule has 3 atom stereocenters. The number of aromatic nitrogens is 2. The summed E-state index contributed by atoms with van der Waals surface area (Å²) in [5, 5.41) is 20.2. The van der Waals surface area contributed by atoms with Crippen molar-refractivity contribution < 1.29 is 85.0 Å². The van der Waals surface area contributed by atoms with Crippen LogP contribution in [0.4, 0.5) is 14.0 Å². The number of phosphoric acid groups is 1.